The lowest BCUT2D eigenvalue weighted by atomic mass is 9.99. The largest absolute Gasteiger partial charge is 0.507 e. The number of ketones is 1. The van der Waals surface area contributed by atoms with Crippen molar-refractivity contribution in [3.63, 3.8) is 0 Å². The number of furan rings is 1. The Bertz CT molecular complexity index is 937. The predicted molar refractivity (Wildman–Crippen MR) is 112 cm³/mol. The first-order valence-corrected chi connectivity index (χ1v) is 9.95. The second-order valence-corrected chi connectivity index (χ2v) is 7.87. The fraction of sp³-hybridized carbons (Fsp3) is 0.333. The Balaban J connectivity index is 2.05. The Morgan fingerprint density at radius 2 is 2.07 bits per heavy atom. The SMILES string of the molecule is COc1ccc(/C(O)=C2/C(=O)C(=O)N(CCCN(C)C)C2c2ccco2)cc1Br. The predicted octanol–water partition coefficient (Wildman–Crippen LogP) is 3.42. The van der Waals surface area contributed by atoms with Gasteiger partial charge in [-0.15, -0.1) is 0 Å². The lowest BCUT2D eigenvalue weighted by molar-refractivity contribution is -0.140. The summed E-state index contributed by atoms with van der Waals surface area (Å²) in [5, 5.41) is 11.0. The number of methoxy groups -OCH3 is 1. The van der Waals surface area contributed by atoms with Crippen LogP contribution in [0.15, 0.2) is 51.1 Å². The van der Waals surface area contributed by atoms with Gasteiger partial charge in [0.15, 0.2) is 0 Å². The number of halogens is 1. The van der Waals surface area contributed by atoms with E-state index in [1.165, 1.54) is 18.3 Å². The second kappa shape index (κ2) is 8.84. The topological polar surface area (TPSA) is 83.2 Å². The van der Waals surface area contributed by atoms with Crippen LogP contribution in [0, 0.1) is 0 Å². The number of aliphatic hydroxyl groups is 1. The second-order valence-electron chi connectivity index (χ2n) is 7.01. The normalized spacial score (nSPS) is 18.7. The van der Waals surface area contributed by atoms with Crippen LogP contribution in [0.4, 0.5) is 0 Å². The molecule has 1 saturated heterocycles. The van der Waals surface area contributed by atoms with Gasteiger partial charge in [-0.25, -0.2) is 0 Å². The lowest BCUT2D eigenvalue weighted by Gasteiger charge is -2.24. The van der Waals surface area contributed by atoms with Crippen molar-refractivity contribution in [3.05, 3.63) is 58.0 Å². The molecular formula is C21H23BrN2O5. The third-order valence-electron chi connectivity index (χ3n) is 4.78. The third kappa shape index (κ3) is 4.23. The van der Waals surface area contributed by atoms with E-state index in [0.29, 0.717) is 34.5 Å². The molecule has 0 spiro atoms. The van der Waals surface area contributed by atoms with E-state index < -0.39 is 17.7 Å². The zero-order valence-electron chi connectivity index (χ0n) is 16.5. The van der Waals surface area contributed by atoms with Crippen LogP contribution in [0.2, 0.25) is 0 Å². The number of ether oxygens (including phenoxy) is 1. The number of benzene rings is 1. The monoisotopic (exact) mass is 462 g/mol. The molecule has 0 radical (unpaired) electrons. The number of Topliss-reactive ketones (excluding diaryl/α,β-unsaturated/α-hetero) is 1. The van der Waals surface area contributed by atoms with Crippen LogP contribution in [0.25, 0.3) is 5.76 Å². The van der Waals surface area contributed by atoms with Crippen LogP contribution >= 0.6 is 15.9 Å². The quantitative estimate of drug-likeness (QED) is 0.385. The summed E-state index contributed by atoms with van der Waals surface area (Å²) in [5.41, 5.74) is 0.424. The van der Waals surface area contributed by atoms with Gasteiger partial charge >= 0.3 is 0 Å². The first kappa shape index (κ1) is 21.1. The van der Waals surface area contributed by atoms with Gasteiger partial charge < -0.3 is 24.1 Å². The van der Waals surface area contributed by atoms with Gasteiger partial charge in [0, 0.05) is 12.1 Å². The summed E-state index contributed by atoms with van der Waals surface area (Å²) in [7, 11) is 5.43. The van der Waals surface area contributed by atoms with Gasteiger partial charge in [0.05, 0.1) is 23.4 Å². The molecule has 1 amide bonds. The molecule has 0 bridgehead atoms. The number of hydrogen-bond donors (Lipinski definition) is 1. The van der Waals surface area contributed by atoms with Gasteiger partial charge in [0.2, 0.25) is 0 Å². The minimum atomic E-state index is -0.770. The van der Waals surface area contributed by atoms with Crippen LogP contribution < -0.4 is 4.74 Å². The minimum absolute atomic E-state index is 0.0202. The first-order valence-electron chi connectivity index (χ1n) is 9.15. The van der Waals surface area contributed by atoms with Crippen LogP contribution in [0.5, 0.6) is 5.75 Å². The molecule has 1 aromatic carbocycles. The van der Waals surface area contributed by atoms with Crippen molar-refractivity contribution in [2.75, 3.05) is 34.3 Å². The number of rotatable bonds is 7. The van der Waals surface area contributed by atoms with Crippen molar-refractivity contribution < 1.29 is 23.8 Å². The fourth-order valence-corrected chi connectivity index (χ4v) is 3.92. The smallest absolute Gasteiger partial charge is 0.295 e. The van der Waals surface area contributed by atoms with Crippen LogP contribution in [-0.2, 0) is 9.59 Å². The van der Waals surface area contributed by atoms with Crippen molar-refractivity contribution in [1.82, 2.24) is 9.80 Å². The average Bonchev–Trinajstić information content (AvgIpc) is 3.29. The van der Waals surface area contributed by atoms with E-state index >= 15 is 0 Å². The van der Waals surface area contributed by atoms with Crippen molar-refractivity contribution in [1.29, 1.82) is 0 Å². The summed E-state index contributed by atoms with van der Waals surface area (Å²) in [6, 6.07) is 7.58. The number of nitrogens with zero attached hydrogens (tertiary/aromatic N) is 2. The van der Waals surface area contributed by atoms with Gasteiger partial charge in [-0.1, -0.05) is 0 Å². The molecule has 1 aliphatic rings. The summed E-state index contributed by atoms with van der Waals surface area (Å²) in [4.78, 5) is 29.1. The van der Waals surface area contributed by atoms with Gasteiger partial charge in [0.25, 0.3) is 11.7 Å². The van der Waals surface area contributed by atoms with E-state index in [-0.39, 0.29) is 11.3 Å². The summed E-state index contributed by atoms with van der Waals surface area (Å²) in [6.07, 6.45) is 2.17. The van der Waals surface area contributed by atoms with Gasteiger partial charge in [-0.2, -0.15) is 0 Å². The van der Waals surface area contributed by atoms with Crippen molar-refractivity contribution >= 4 is 33.4 Å². The Labute approximate surface area is 177 Å². The fourth-order valence-electron chi connectivity index (χ4n) is 3.38. The summed E-state index contributed by atoms with van der Waals surface area (Å²) in [5.74, 6) is -0.584. The standard InChI is InChI=1S/C21H23BrN2O5/c1-23(2)9-5-10-24-18(16-6-4-11-29-16)17(20(26)21(24)27)19(25)13-7-8-15(28-3)14(22)12-13/h4,6-8,11-12,18,25H,5,9-10H2,1-3H3/b19-17-. The molecule has 29 heavy (non-hydrogen) atoms. The van der Waals surface area contributed by atoms with Gasteiger partial charge in [-0.05, 0) is 73.3 Å². The average molecular weight is 463 g/mol. The summed E-state index contributed by atoms with van der Waals surface area (Å²) < 4.78 is 11.4. The Morgan fingerprint density at radius 1 is 1.31 bits per heavy atom. The van der Waals surface area contributed by atoms with Crippen molar-refractivity contribution in [2.24, 2.45) is 0 Å². The molecule has 1 unspecified atom stereocenters. The Kier molecular flexibility index (Phi) is 6.44. The molecule has 1 aromatic heterocycles. The van der Waals surface area contributed by atoms with E-state index in [4.69, 9.17) is 9.15 Å². The van der Waals surface area contributed by atoms with Crippen molar-refractivity contribution in [2.45, 2.75) is 12.5 Å². The molecule has 2 heterocycles. The van der Waals surface area contributed by atoms with Gasteiger partial charge in [-0.3, -0.25) is 9.59 Å². The lowest BCUT2D eigenvalue weighted by Crippen LogP contribution is -2.32. The molecular weight excluding hydrogens is 440 g/mol. The number of carbonyl (C=O) groups is 2. The highest BCUT2D eigenvalue weighted by Gasteiger charge is 2.47. The zero-order chi connectivity index (χ0) is 21.1. The molecule has 1 fully saturated rings. The maximum atomic E-state index is 12.8. The van der Waals surface area contributed by atoms with E-state index in [9.17, 15) is 14.7 Å². The van der Waals surface area contributed by atoms with E-state index in [1.54, 1.807) is 30.3 Å². The van der Waals surface area contributed by atoms with Crippen molar-refractivity contribution in [3.8, 4) is 5.75 Å². The highest BCUT2D eigenvalue weighted by atomic mass is 79.9. The molecule has 0 aliphatic carbocycles. The highest BCUT2D eigenvalue weighted by molar-refractivity contribution is 9.10. The molecule has 2 aromatic rings. The molecule has 8 heteroatoms. The molecule has 1 aliphatic heterocycles. The highest BCUT2D eigenvalue weighted by Crippen LogP contribution is 2.40. The number of amides is 1. The summed E-state index contributed by atoms with van der Waals surface area (Å²) in [6.45, 7) is 1.14. The third-order valence-corrected chi connectivity index (χ3v) is 5.40. The van der Waals surface area contributed by atoms with E-state index in [0.717, 1.165) is 6.54 Å². The van der Waals surface area contributed by atoms with Crippen LogP contribution in [0.1, 0.15) is 23.8 Å². The molecule has 3 rings (SSSR count). The Hall–Kier alpha value is -2.58. The number of carbonyl (C=O) groups excluding carboxylic acids is 2. The van der Waals surface area contributed by atoms with Crippen LogP contribution in [-0.4, -0.2) is 60.9 Å². The van der Waals surface area contributed by atoms with E-state index in [2.05, 4.69) is 15.9 Å². The minimum Gasteiger partial charge on any atom is -0.507 e. The zero-order valence-corrected chi connectivity index (χ0v) is 18.1. The van der Waals surface area contributed by atoms with Crippen LogP contribution in [0.3, 0.4) is 0 Å². The summed E-state index contributed by atoms with van der Waals surface area (Å²) >= 11 is 3.38. The molecule has 154 valence electrons. The number of likely N-dealkylation sites (tertiary alicyclic amines) is 1. The first-order chi connectivity index (χ1) is 13.8. The Morgan fingerprint density at radius 3 is 2.66 bits per heavy atom. The maximum Gasteiger partial charge on any atom is 0.295 e. The molecule has 1 N–H and O–H groups in total. The molecule has 1 atom stereocenters. The van der Waals surface area contributed by atoms with Gasteiger partial charge in [0.1, 0.15) is 23.3 Å². The molecule has 7 nitrogen and oxygen atoms in total. The number of aliphatic hydroxyl groups excluding tert-OH is 1. The molecule has 0 saturated carbocycles. The maximum absolute atomic E-state index is 12.8. The number of hydrogen-bond acceptors (Lipinski definition) is 6. The van der Waals surface area contributed by atoms with E-state index in [1.807, 2.05) is 19.0 Å².